The fraction of sp³-hybridized carbons (Fsp3) is 0.500. The maximum absolute atomic E-state index is 6.12. The Morgan fingerprint density at radius 2 is 2.06 bits per heavy atom. The van der Waals surface area contributed by atoms with Gasteiger partial charge in [-0.1, -0.05) is 30.7 Å². The number of ether oxygens (including phenoxy) is 1. The zero-order valence-corrected chi connectivity index (χ0v) is 10.8. The van der Waals surface area contributed by atoms with Gasteiger partial charge in [0.15, 0.2) is 0 Å². The van der Waals surface area contributed by atoms with Crippen molar-refractivity contribution >= 4 is 5.57 Å². The summed E-state index contributed by atoms with van der Waals surface area (Å²) in [5.74, 6) is 1.11. The molecule has 3 rings (SSSR count). The Morgan fingerprint density at radius 3 is 3.00 bits per heavy atom. The van der Waals surface area contributed by atoms with E-state index in [4.69, 9.17) is 10.5 Å². The molecule has 0 aromatic heterocycles. The molecule has 0 saturated carbocycles. The third-order valence-corrected chi connectivity index (χ3v) is 3.93. The number of aryl methyl sites for hydroxylation is 1. The largest absolute Gasteiger partial charge is 0.493 e. The molecule has 18 heavy (non-hydrogen) atoms. The SMILES string of the molecule is NC1C=C(c2cccc3c2OCCC3)CCCC1. The predicted molar refractivity (Wildman–Crippen MR) is 74.7 cm³/mol. The van der Waals surface area contributed by atoms with E-state index in [0.717, 1.165) is 38.0 Å². The first-order valence-corrected chi connectivity index (χ1v) is 7.06. The lowest BCUT2D eigenvalue weighted by Gasteiger charge is -2.21. The first-order chi connectivity index (χ1) is 8.84. The predicted octanol–water partition coefficient (Wildman–Crippen LogP) is 3.30. The second kappa shape index (κ2) is 5.15. The molecule has 1 atom stereocenters. The number of hydrogen-bond donors (Lipinski definition) is 1. The monoisotopic (exact) mass is 243 g/mol. The highest BCUT2D eigenvalue weighted by molar-refractivity contribution is 5.72. The van der Waals surface area contributed by atoms with E-state index < -0.39 is 0 Å². The van der Waals surface area contributed by atoms with Crippen LogP contribution in [0.3, 0.4) is 0 Å². The van der Waals surface area contributed by atoms with Crippen molar-refractivity contribution in [3.63, 3.8) is 0 Å². The van der Waals surface area contributed by atoms with Gasteiger partial charge < -0.3 is 10.5 Å². The zero-order chi connectivity index (χ0) is 12.4. The van der Waals surface area contributed by atoms with Crippen LogP contribution in [0, 0.1) is 0 Å². The van der Waals surface area contributed by atoms with Crippen molar-refractivity contribution in [2.75, 3.05) is 6.61 Å². The van der Waals surface area contributed by atoms with Gasteiger partial charge in [0.25, 0.3) is 0 Å². The Morgan fingerprint density at radius 1 is 1.11 bits per heavy atom. The highest BCUT2D eigenvalue weighted by Gasteiger charge is 2.18. The topological polar surface area (TPSA) is 35.2 Å². The molecule has 2 aliphatic rings. The summed E-state index contributed by atoms with van der Waals surface area (Å²) in [6, 6.07) is 6.74. The second-order valence-electron chi connectivity index (χ2n) is 5.35. The molecule has 2 N–H and O–H groups in total. The van der Waals surface area contributed by atoms with Crippen LogP contribution in [0.2, 0.25) is 0 Å². The number of para-hydroxylation sites is 1. The van der Waals surface area contributed by atoms with Crippen molar-refractivity contribution in [2.24, 2.45) is 5.73 Å². The smallest absolute Gasteiger partial charge is 0.129 e. The minimum atomic E-state index is 0.210. The van der Waals surface area contributed by atoms with Gasteiger partial charge in [0.05, 0.1) is 6.61 Å². The molecule has 0 amide bonds. The summed E-state index contributed by atoms with van der Waals surface area (Å²) in [4.78, 5) is 0. The van der Waals surface area contributed by atoms with Crippen LogP contribution < -0.4 is 10.5 Å². The van der Waals surface area contributed by atoms with Crippen molar-refractivity contribution in [2.45, 2.75) is 44.6 Å². The molecule has 2 nitrogen and oxygen atoms in total. The first-order valence-electron chi connectivity index (χ1n) is 7.06. The Balaban J connectivity index is 2.00. The normalized spacial score (nSPS) is 23.6. The van der Waals surface area contributed by atoms with E-state index in [1.807, 2.05) is 0 Å². The number of benzene rings is 1. The average Bonchev–Trinajstić information content (AvgIpc) is 2.63. The number of fused-ring (bicyclic) bond motifs is 1. The molecule has 1 unspecified atom stereocenters. The van der Waals surface area contributed by atoms with E-state index in [9.17, 15) is 0 Å². The number of allylic oxidation sites excluding steroid dienone is 1. The molecule has 1 aromatic rings. The van der Waals surface area contributed by atoms with Gasteiger partial charge in [0, 0.05) is 11.6 Å². The molecular weight excluding hydrogens is 222 g/mol. The Labute approximate surface area is 109 Å². The Bertz CT molecular complexity index is 464. The number of rotatable bonds is 1. The molecule has 0 saturated heterocycles. The Kier molecular flexibility index (Phi) is 3.37. The standard InChI is InChI=1S/C16H21NO/c17-14-8-2-1-5-13(11-14)15-9-3-6-12-7-4-10-18-16(12)15/h3,6,9,11,14H,1-2,4-5,7-8,10,17H2. The van der Waals surface area contributed by atoms with E-state index in [1.165, 1.54) is 29.5 Å². The van der Waals surface area contributed by atoms with Gasteiger partial charge in [-0.3, -0.25) is 0 Å². The van der Waals surface area contributed by atoms with E-state index in [0.29, 0.717) is 0 Å². The summed E-state index contributed by atoms with van der Waals surface area (Å²) in [5, 5.41) is 0. The van der Waals surface area contributed by atoms with E-state index >= 15 is 0 Å². The van der Waals surface area contributed by atoms with Gasteiger partial charge >= 0.3 is 0 Å². The van der Waals surface area contributed by atoms with Crippen LogP contribution >= 0.6 is 0 Å². The summed E-state index contributed by atoms with van der Waals surface area (Å²) in [6.45, 7) is 0.851. The van der Waals surface area contributed by atoms with Crippen LogP contribution in [0.15, 0.2) is 24.3 Å². The fourth-order valence-electron chi connectivity index (χ4n) is 2.99. The van der Waals surface area contributed by atoms with Crippen LogP contribution in [0.25, 0.3) is 5.57 Å². The van der Waals surface area contributed by atoms with Gasteiger partial charge in [0.1, 0.15) is 5.75 Å². The molecule has 1 heterocycles. The van der Waals surface area contributed by atoms with Gasteiger partial charge in [-0.25, -0.2) is 0 Å². The first kappa shape index (κ1) is 11.8. The minimum absolute atomic E-state index is 0.210. The lowest BCUT2D eigenvalue weighted by atomic mass is 9.95. The molecule has 0 bridgehead atoms. The van der Waals surface area contributed by atoms with Crippen molar-refractivity contribution in [1.82, 2.24) is 0 Å². The molecule has 96 valence electrons. The highest BCUT2D eigenvalue weighted by Crippen LogP contribution is 2.36. The number of nitrogens with two attached hydrogens (primary N) is 1. The maximum Gasteiger partial charge on any atom is 0.129 e. The third kappa shape index (κ3) is 2.30. The maximum atomic E-state index is 6.12. The van der Waals surface area contributed by atoms with Crippen LogP contribution in [0.5, 0.6) is 5.75 Å². The van der Waals surface area contributed by atoms with E-state index in [2.05, 4.69) is 24.3 Å². The van der Waals surface area contributed by atoms with Crippen LogP contribution in [-0.4, -0.2) is 12.6 Å². The van der Waals surface area contributed by atoms with Crippen molar-refractivity contribution in [3.8, 4) is 5.75 Å². The highest BCUT2D eigenvalue weighted by atomic mass is 16.5. The minimum Gasteiger partial charge on any atom is -0.493 e. The molecular formula is C16H21NO. The molecule has 1 aromatic carbocycles. The lowest BCUT2D eigenvalue weighted by Crippen LogP contribution is -2.16. The molecule has 0 radical (unpaired) electrons. The van der Waals surface area contributed by atoms with E-state index in [-0.39, 0.29) is 6.04 Å². The molecule has 1 aliphatic carbocycles. The van der Waals surface area contributed by atoms with Gasteiger partial charge in [-0.15, -0.1) is 0 Å². The average molecular weight is 243 g/mol. The Hall–Kier alpha value is -1.28. The van der Waals surface area contributed by atoms with Gasteiger partial charge in [-0.2, -0.15) is 0 Å². The summed E-state index contributed by atoms with van der Waals surface area (Å²) in [6.07, 6.45) is 9.24. The summed E-state index contributed by atoms with van der Waals surface area (Å²) in [5.41, 5.74) is 10.1. The van der Waals surface area contributed by atoms with Crippen molar-refractivity contribution < 1.29 is 4.74 Å². The molecule has 0 fully saturated rings. The van der Waals surface area contributed by atoms with Crippen molar-refractivity contribution in [1.29, 1.82) is 0 Å². The molecule has 2 heteroatoms. The summed E-state index contributed by atoms with van der Waals surface area (Å²) >= 11 is 0. The van der Waals surface area contributed by atoms with Crippen molar-refractivity contribution in [3.05, 3.63) is 35.4 Å². The summed E-state index contributed by atoms with van der Waals surface area (Å²) in [7, 11) is 0. The third-order valence-electron chi connectivity index (χ3n) is 3.93. The van der Waals surface area contributed by atoms with Crippen LogP contribution in [-0.2, 0) is 6.42 Å². The van der Waals surface area contributed by atoms with Gasteiger partial charge in [-0.05, 0) is 43.2 Å². The quantitative estimate of drug-likeness (QED) is 0.821. The van der Waals surface area contributed by atoms with Gasteiger partial charge in [0.2, 0.25) is 0 Å². The van der Waals surface area contributed by atoms with Crippen LogP contribution in [0.1, 0.15) is 43.2 Å². The summed E-state index contributed by atoms with van der Waals surface area (Å²) < 4.78 is 5.90. The molecule has 0 spiro atoms. The second-order valence-corrected chi connectivity index (χ2v) is 5.35. The lowest BCUT2D eigenvalue weighted by molar-refractivity contribution is 0.287. The van der Waals surface area contributed by atoms with Crippen LogP contribution in [0.4, 0.5) is 0 Å². The fourth-order valence-corrected chi connectivity index (χ4v) is 2.99. The zero-order valence-electron chi connectivity index (χ0n) is 10.8. The molecule has 1 aliphatic heterocycles. The number of hydrogen-bond acceptors (Lipinski definition) is 2. The van der Waals surface area contributed by atoms with E-state index in [1.54, 1.807) is 0 Å².